The van der Waals surface area contributed by atoms with Crippen molar-refractivity contribution >= 4 is 38.2 Å². The summed E-state index contributed by atoms with van der Waals surface area (Å²) in [5.41, 5.74) is 0.910. The molecule has 0 fully saturated rings. The lowest BCUT2D eigenvalue weighted by atomic mass is 10.2. The molecule has 1 heterocycles. The van der Waals surface area contributed by atoms with Crippen LogP contribution in [-0.2, 0) is 10.0 Å². The molecule has 0 unspecified atom stereocenters. The van der Waals surface area contributed by atoms with Gasteiger partial charge < -0.3 is 9.47 Å². The number of sulfonamides is 1. The Kier molecular flexibility index (Phi) is 5.97. The first kappa shape index (κ1) is 21.0. The summed E-state index contributed by atoms with van der Waals surface area (Å²) in [6.45, 7) is 2.32. The Morgan fingerprint density at radius 1 is 0.935 bits per heavy atom. The third kappa shape index (κ3) is 4.73. The van der Waals surface area contributed by atoms with Crippen LogP contribution < -0.4 is 14.2 Å². The Morgan fingerprint density at radius 2 is 1.61 bits per heavy atom. The van der Waals surface area contributed by atoms with E-state index in [1.165, 1.54) is 6.07 Å². The van der Waals surface area contributed by atoms with E-state index in [0.717, 1.165) is 0 Å². The number of fused-ring (bicyclic) bond motifs is 1. The minimum absolute atomic E-state index is 0.126. The number of rotatable bonds is 7. The monoisotopic (exact) mass is 454 g/mol. The van der Waals surface area contributed by atoms with Gasteiger partial charge in [-0.25, -0.2) is 8.42 Å². The van der Waals surface area contributed by atoms with E-state index in [0.29, 0.717) is 45.5 Å². The highest BCUT2D eigenvalue weighted by Gasteiger charge is 2.20. The number of aromatic nitrogens is 1. The molecule has 0 saturated heterocycles. The molecule has 0 saturated carbocycles. The average molecular weight is 455 g/mol. The summed E-state index contributed by atoms with van der Waals surface area (Å²) >= 11 is 5.88. The van der Waals surface area contributed by atoms with E-state index in [1.54, 1.807) is 72.9 Å². The van der Waals surface area contributed by atoms with E-state index in [1.807, 2.05) is 6.92 Å². The van der Waals surface area contributed by atoms with Crippen molar-refractivity contribution < 1.29 is 17.9 Å². The fourth-order valence-corrected chi connectivity index (χ4v) is 4.45. The highest BCUT2D eigenvalue weighted by Crippen LogP contribution is 2.31. The van der Waals surface area contributed by atoms with Gasteiger partial charge in [-0.1, -0.05) is 11.6 Å². The fraction of sp³-hybridized carbons (Fsp3) is 0.0870. The molecule has 0 atom stereocenters. The van der Waals surface area contributed by atoms with Crippen LogP contribution in [0.1, 0.15) is 6.92 Å². The molecule has 31 heavy (non-hydrogen) atoms. The molecule has 4 aromatic rings. The molecule has 0 spiro atoms. The molecule has 0 amide bonds. The Morgan fingerprint density at radius 3 is 2.29 bits per heavy atom. The van der Waals surface area contributed by atoms with Crippen LogP contribution >= 0.6 is 11.6 Å². The van der Waals surface area contributed by atoms with E-state index in [4.69, 9.17) is 21.1 Å². The van der Waals surface area contributed by atoms with Crippen LogP contribution in [0.2, 0.25) is 5.02 Å². The molecule has 158 valence electrons. The SMILES string of the molecule is CCOc1ccc(S(=O)(=O)Nc2ccc(Oc3ccc(Cl)cc3)cc2)c2cccnc12. The largest absolute Gasteiger partial charge is 0.492 e. The average Bonchev–Trinajstić information content (AvgIpc) is 2.77. The zero-order valence-corrected chi connectivity index (χ0v) is 18.2. The molecule has 6 nitrogen and oxygen atoms in total. The van der Waals surface area contributed by atoms with E-state index in [9.17, 15) is 8.42 Å². The maximum absolute atomic E-state index is 13.1. The van der Waals surface area contributed by atoms with Crippen molar-refractivity contribution in [3.63, 3.8) is 0 Å². The quantitative estimate of drug-likeness (QED) is 0.377. The number of anilines is 1. The van der Waals surface area contributed by atoms with Crippen molar-refractivity contribution in [1.29, 1.82) is 0 Å². The van der Waals surface area contributed by atoms with Crippen molar-refractivity contribution in [2.45, 2.75) is 11.8 Å². The number of hydrogen-bond donors (Lipinski definition) is 1. The minimum atomic E-state index is -3.85. The van der Waals surface area contributed by atoms with Crippen molar-refractivity contribution in [2.24, 2.45) is 0 Å². The predicted molar refractivity (Wildman–Crippen MR) is 122 cm³/mol. The van der Waals surface area contributed by atoms with Gasteiger partial charge >= 0.3 is 0 Å². The molecule has 1 N–H and O–H groups in total. The highest BCUT2D eigenvalue weighted by atomic mass is 35.5. The Bertz CT molecular complexity index is 1310. The molecule has 1 aromatic heterocycles. The second kappa shape index (κ2) is 8.83. The third-order valence-corrected chi connectivity index (χ3v) is 6.13. The number of nitrogens with zero attached hydrogens (tertiary/aromatic N) is 1. The number of halogens is 1. The van der Waals surface area contributed by atoms with Gasteiger partial charge in [0.15, 0.2) is 0 Å². The topological polar surface area (TPSA) is 77.5 Å². The minimum Gasteiger partial charge on any atom is -0.492 e. The number of ether oxygens (including phenoxy) is 2. The second-order valence-electron chi connectivity index (χ2n) is 6.58. The van der Waals surface area contributed by atoms with Crippen molar-refractivity contribution in [3.8, 4) is 17.2 Å². The van der Waals surface area contributed by atoms with E-state index >= 15 is 0 Å². The Labute approximate surface area is 185 Å². The zero-order valence-electron chi connectivity index (χ0n) is 16.6. The molecule has 0 bridgehead atoms. The summed E-state index contributed by atoms with van der Waals surface area (Å²) in [4.78, 5) is 4.42. The number of pyridine rings is 1. The van der Waals surface area contributed by atoms with Crippen LogP contribution in [0.25, 0.3) is 10.9 Å². The van der Waals surface area contributed by atoms with Gasteiger partial charge in [-0.05, 0) is 79.7 Å². The first-order valence-corrected chi connectivity index (χ1v) is 11.4. The summed E-state index contributed by atoms with van der Waals surface area (Å²) in [6, 6.07) is 20.2. The van der Waals surface area contributed by atoms with Crippen LogP contribution in [0.3, 0.4) is 0 Å². The molecular weight excluding hydrogens is 436 g/mol. The van der Waals surface area contributed by atoms with Crippen molar-refractivity contribution in [1.82, 2.24) is 4.98 Å². The molecule has 0 aliphatic heterocycles. The lowest BCUT2D eigenvalue weighted by Crippen LogP contribution is -2.13. The summed E-state index contributed by atoms with van der Waals surface area (Å²) in [6.07, 6.45) is 1.61. The summed E-state index contributed by atoms with van der Waals surface area (Å²) in [5, 5.41) is 1.11. The molecule has 8 heteroatoms. The van der Waals surface area contributed by atoms with Gasteiger partial charge in [0.25, 0.3) is 10.0 Å². The van der Waals surface area contributed by atoms with Gasteiger partial charge in [-0.2, -0.15) is 0 Å². The lowest BCUT2D eigenvalue weighted by Gasteiger charge is -2.13. The summed E-state index contributed by atoms with van der Waals surface area (Å²) in [7, 11) is -3.85. The first-order valence-electron chi connectivity index (χ1n) is 9.53. The zero-order chi connectivity index (χ0) is 21.8. The molecule has 0 radical (unpaired) electrons. The fourth-order valence-electron chi connectivity index (χ4n) is 3.07. The summed E-state index contributed by atoms with van der Waals surface area (Å²) in [5.74, 6) is 1.74. The molecular formula is C23H19ClN2O4S. The van der Waals surface area contributed by atoms with Gasteiger partial charge in [0, 0.05) is 22.3 Å². The Hall–Kier alpha value is -3.29. The van der Waals surface area contributed by atoms with E-state index < -0.39 is 10.0 Å². The maximum Gasteiger partial charge on any atom is 0.262 e. The number of nitrogens with one attached hydrogen (secondary N) is 1. The van der Waals surface area contributed by atoms with Crippen LogP contribution in [0.5, 0.6) is 17.2 Å². The van der Waals surface area contributed by atoms with E-state index in [2.05, 4.69) is 9.71 Å². The summed E-state index contributed by atoms with van der Waals surface area (Å²) < 4.78 is 40.1. The number of hydrogen-bond acceptors (Lipinski definition) is 5. The molecule has 0 aliphatic rings. The standard InChI is InChI=1S/C23H19ClN2O4S/c1-2-29-21-13-14-22(20-4-3-15-25-23(20)21)31(27,28)26-17-7-11-19(12-8-17)30-18-9-5-16(24)6-10-18/h3-15,26H,2H2,1H3. The molecule has 3 aromatic carbocycles. The maximum atomic E-state index is 13.1. The van der Waals surface area contributed by atoms with Crippen LogP contribution in [0.4, 0.5) is 5.69 Å². The first-order chi connectivity index (χ1) is 15.0. The number of benzene rings is 3. The van der Waals surface area contributed by atoms with Crippen molar-refractivity contribution in [3.05, 3.63) is 84.0 Å². The van der Waals surface area contributed by atoms with Gasteiger partial charge in [-0.3, -0.25) is 9.71 Å². The van der Waals surface area contributed by atoms with Gasteiger partial charge in [-0.15, -0.1) is 0 Å². The van der Waals surface area contributed by atoms with Crippen molar-refractivity contribution in [2.75, 3.05) is 11.3 Å². The highest BCUT2D eigenvalue weighted by molar-refractivity contribution is 7.93. The lowest BCUT2D eigenvalue weighted by molar-refractivity contribution is 0.343. The molecule has 0 aliphatic carbocycles. The van der Waals surface area contributed by atoms with Gasteiger partial charge in [0.05, 0.1) is 11.5 Å². The van der Waals surface area contributed by atoms with Crippen LogP contribution in [0.15, 0.2) is 83.9 Å². The molecule has 4 rings (SSSR count). The smallest absolute Gasteiger partial charge is 0.262 e. The second-order valence-corrected chi connectivity index (χ2v) is 8.67. The van der Waals surface area contributed by atoms with Gasteiger partial charge in [0.2, 0.25) is 0 Å². The van der Waals surface area contributed by atoms with Gasteiger partial charge in [0.1, 0.15) is 22.8 Å². The normalized spacial score (nSPS) is 11.3. The van der Waals surface area contributed by atoms with Crippen LogP contribution in [0, 0.1) is 0 Å². The van der Waals surface area contributed by atoms with Crippen LogP contribution in [-0.4, -0.2) is 20.0 Å². The van der Waals surface area contributed by atoms with E-state index in [-0.39, 0.29) is 4.90 Å². The Balaban J connectivity index is 1.58. The third-order valence-electron chi connectivity index (χ3n) is 4.44. The predicted octanol–water partition coefficient (Wildman–Crippen LogP) is 5.88.